The number of carbonyl (C=O) groups is 2. The van der Waals surface area contributed by atoms with E-state index in [0.29, 0.717) is 25.4 Å². The Balaban J connectivity index is 1.68. The third kappa shape index (κ3) is 4.01. The Kier molecular flexibility index (Phi) is 5.37. The summed E-state index contributed by atoms with van der Waals surface area (Å²) in [6, 6.07) is 8.93. The Morgan fingerprint density at radius 2 is 2.04 bits per heavy atom. The smallest absolute Gasteiger partial charge is 0.328 e. The van der Waals surface area contributed by atoms with Gasteiger partial charge in [-0.3, -0.25) is 4.79 Å². The van der Waals surface area contributed by atoms with Crippen molar-refractivity contribution in [2.45, 2.75) is 38.8 Å². The highest BCUT2D eigenvalue weighted by molar-refractivity contribution is 5.84. The molecule has 1 aliphatic heterocycles. The molecule has 2 heterocycles. The first-order valence-electron chi connectivity index (χ1n) is 8.48. The minimum atomic E-state index is -0.515. The predicted octanol–water partition coefficient (Wildman–Crippen LogP) is 1.28. The molecule has 0 unspecified atom stereocenters. The number of carbonyl (C=O) groups excluding carboxylic acids is 2. The predicted molar refractivity (Wildman–Crippen MR) is 89.2 cm³/mol. The van der Waals surface area contributed by atoms with E-state index in [1.54, 1.807) is 11.8 Å². The number of nitrogens with zero attached hydrogens (tertiary/aromatic N) is 5. The maximum atomic E-state index is 12.6. The van der Waals surface area contributed by atoms with Crippen molar-refractivity contribution >= 4 is 11.9 Å². The summed E-state index contributed by atoms with van der Waals surface area (Å²) < 4.78 is 5.09. The van der Waals surface area contributed by atoms with Crippen molar-refractivity contribution in [3.63, 3.8) is 0 Å². The molecular formula is C17H21N5O3. The number of ether oxygens (including phenoxy) is 1. The average Bonchev–Trinajstić information content (AvgIpc) is 3.11. The van der Waals surface area contributed by atoms with Gasteiger partial charge in [0.05, 0.1) is 6.61 Å². The number of aromatic nitrogens is 4. The summed E-state index contributed by atoms with van der Waals surface area (Å²) in [5.74, 6) is -0.0733. The molecule has 0 bridgehead atoms. The zero-order valence-electron chi connectivity index (χ0n) is 14.2. The molecule has 0 saturated carbocycles. The van der Waals surface area contributed by atoms with E-state index < -0.39 is 6.04 Å². The van der Waals surface area contributed by atoms with E-state index in [-0.39, 0.29) is 18.4 Å². The SMILES string of the molecule is CCOC(=O)[C@H]1CCCCN1C(=O)Cn1nnc(-c2ccccc2)n1. The number of tetrazole rings is 1. The van der Waals surface area contributed by atoms with Gasteiger partial charge in [0.15, 0.2) is 0 Å². The fourth-order valence-electron chi connectivity index (χ4n) is 2.94. The summed E-state index contributed by atoms with van der Waals surface area (Å²) >= 11 is 0. The highest BCUT2D eigenvalue weighted by Gasteiger charge is 2.33. The molecular weight excluding hydrogens is 322 g/mol. The highest BCUT2D eigenvalue weighted by Crippen LogP contribution is 2.19. The lowest BCUT2D eigenvalue weighted by molar-refractivity contribution is -0.157. The Bertz CT molecular complexity index is 731. The molecule has 1 fully saturated rings. The lowest BCUT2D eigenvalue weighted by atomic mass is 10.0. The summed E-state index contributed by atoms with van der Waals surface area (Å²) in [7, 11) is 0. The van der Waals surface area contributed by atoms with Crippen LogP contribution in [0.1, 0.15) is 26.2 Å². The van der Waals surface area contributed by atoms with Crippen LogP contribution in [-0.4, -0.2) is 56.2 Å². The number of likely N-dealkylation sites (tertiary alicyclic amines) is 1. The molecule has 0 spiro atoms. The first-order valence-corrected chi connectivity index (χ1v) is 8.48. The molecule has 132 valence electrons. The van der Waals surface area contributed by atoms with Gasteiger partial charge in [-0.2, -0.15) is 4.80 Å². The molecule has 1 atom stereocenters. The molecule has 1 aromatic heterocycles. The Hall–Kier alpha value is -2.77. The van der Waals surface area contributed by atoms with Gasteiger partial charge >= 0.3 is 5.97 Å². The second-order valence-electron chi connectivity index (χ2n) is 5.86. The van der Waals surface area contributed by atoms with E-state index in [2.05, 4.69) is 15.4 Å². The topological polar surface area (TPSA) is 90.2 Å². The van der Waals surface area contributed by atoms with Crippen LogP contribution in [0.5, 0.6) is 0 Å². The maximum Gasteiger partial charge on any atom is 0.328 e. The molecule has 0 radical (unpaired) electrons. The van der Waals surface area contributed by atoms with Crippen LogP contribution in [0.3, 0.4) is 0 Å². The van der Waals surface area contributed by atoms with Gasteiger partial charge in [0, 0.05) is 12.1 Å². The standard InChI is InChI=1S/C17H21N5O3/c1-2-25-17(24)14-10-6-7-11-21(14)15(23)12-22-19-16(18-20-22)13-8-4-3-5-9-13/h3-5,8-9,14H,2,6-7,10-12H2,1H3/t14-/m1/s1. The first kappa shape index (κ1) is 17.1. The number of hydrogen-bond donors (Lipinski definition) is 0. The van der Waals surface area contributed by atoms with Crippen LogP contribution < -0.4 is 0 Å². The van der Waals surface area contributed by atoms with Gasteiger partial charge in [-0.15, -0.1) is 10.2 Å². The lowest BCUT2D eigenvalue weighted by Crippen LogP contribution is -2.49. The molecule has 3 rings (SSSR count). The van der Waals surface area contributed by atoms with Gasteiger partial charge < -0.3 is 9.64 Å². The van der Waals surface area contributed by atoms with Gasteiger partial charge in [-0.05, 0) is 31.4 Å². The van der Waals surface area contributed by atoms with E-state index in [1.165, 1.54) is 4.80 Å². The van der Waals surface area contributed by atoms with Crippen molar-refractivity contribution < 1.29 is 14.3 Å². The average molecular weight is 343 g/mol. The lowest BCUT2D eigenvalue weighted by Gasteiger charge is -2.33. The van der Waals surface area contributed by atoms with Crippen LogP contribution >= 0.6 is 0 Å². The normalized spacial score (nSPS) is 17.3. The fraction of sp³-hybridized carbons (Fsp3) is 0.471. The quantitative estimate of drug-likeness (QED) is 0.760. The molecule has 1 aliphatic rings. The molecule has 0 N–H and O–H groups in total. The summed E-state index contributed by atoms with van der Waals surface area (Å²) in [5, 5.41) is 12.2. The van der Waals surface area contributed by atoms with E-state index in [9.17, 15) is 9.59 Å². The van der Waals surface area contributed by atoms with Gasteiger partial charge in [0.1, 0.15) is 12.6 Å². The molecule has 0 aliphatic carbocycles. The molecule has 25 heavy (non-hydrogen) atoms. The monoisotopic (exact) mass is 343 g/mol. The zero-order valence-corrected chi connectivity index (χ0v) is 14.2. The number of esters is 1. The second kappa shape index (κ2) is 7.87. The van der Waals surface area contributed by atoms with Crippen molar-refractivity contribution in [1.29, 1.82) is 0 Å². The molecule has 1 aromatic carbocycles. The Morgan fingerprint density at radius 1 is 1.24 bits per heavy atom. The number of benzene rings is 1. The number of hydrogen-bond acceptors (Lipinski definition) is 6. The summed E-state index contributed by atoms with van der Waals surface area (Å²) in [4.78, 5) is 27.6. The third-order valence-corrected chi connectivity index (χ3v) is 4.14. The minimum absolute atomic E-state index is 0.0459. The van der Waals surface area contributed by atoms with Crippen LogP contribution in [-0.2, 0) is 20.9 Å². The summed E-state index contributed by atoms with van der Waals surface area (Å²) in [5.41, 5.74) is 0.837. The van der Waals surface area contributed by atoms with Crippen molar-refractivity contribution in [1.82, 2.24) is 25.1 Å². The Morgan fingerprint density at radius 3 is 2.80 bits per heavy atom. The molecule has 2 aromatic rings. The van der Waals surface area contributed by atoms with Crippen molar-refractivity contribution in [3.05, 3.63) is 30.3 Å². The fourth-order valence-corrected chi connectivity index (χ4v) is 2.94. The summed E-state index contributed by atoms with van der Waals surface area (Å²) in [6.07, 6.45) is 2.42. The molecule has 1 amide bonds. The van der Waals surface area contributed by atoms with E-state index >= 15 is 0 Å². The molecule has 8 nitrogen and oxygen atoms in total. The van der Waals surface area contributed by atoms with Crippen LogP contribution in [0.25, 0.3) is 11.4 Å². The van der Waals surface area contributed by atoms with Gasteiger partial charge in [-0.1, -0.05) is 30.3 Å². The van der Waals surface area contributed by atoms with Crippen LogP contribution in [0, 0.1) is 0 Å². The van der Waals surface area contributed by atoms with Crippen molar-refractivity contribution in [2.75, 3.05) is 13.2 Å². The molecule has 1 saturated heterocycles. The summed E-state index contributed by atoms with van der Waals surface area (Å²) in [6.45, 7) is 2.57. The first-order chi connectivity index (χ1) is 12.2. The Labute approximate surface area is 145 Å². The van der Waals surface area contributed by atoms with E-state index in [1.807, 2.05) is 30.3 Å². The van der Waals surface area contributed by atoms with Gasteiger partial charge in [0.2, 0.25) is 11.7 Å². The van der Waals surface area contributed by atoms with E-state index in [0.717, 1.165) is 18.4 Å². The third-order valence-electron chi connectivity index (χ3n) is 4.14. The van der Waals surface area contributed by atoms with Gasteiger partial charge in [0.25, 0.3) is 0 Å². The van der Waals surface area contributed by atoms with Crippen LogP contribution in [0.15, 0.2) is 30.3 Å². The van der Waals surface area contributed by atoms with Crippen LogP contribution in [0.4, 0.5) is 0 Å². The largest absolute Gasteiger partial charge is 0.464 e. The zero-order chi connectivity index (χ0) is 17.6. The maximum absolute atomic E-state index is 12.6. The number of amides is 1. The van der Waals surface area contributed by atoms with Crippen LogP contribution in [0.2, 0.25) is 0 Å². The van der Waals surface area contributed by atoms with Crippen molar-refractivity contribution in [3.8, 4) is 11.4 Å². The highest BCUT2D eigenvalue weighted by atomic mass is 16.5. The van der Waals surface area contributed by atoms with E-state index in [4.69, 9.17) is 4.74 Å². The number of rotatable bonds is 5. The number of piperidine rings is 1. The van der Waals surface area contributed by atoms with Gasteiger partial charge in [-0.25, -0.2) is 4.79 Å². The minimum Gasteiger partial charge on any atom is -0.464 e. The molecule has 8 heteroatoms. The second-order valence-corrected chi connectivity index (χ2v) is 5.86. The van der Waals surface area contributed by atoms with Crippen molar-refractivity contribution in [2.24, 2.45) is 0 Å².